The first-order valence-electron chi connectivity index (χ1n) is 4.94. The summed E-state index contributed by atoms with van der Waals surface area (Å²) in [5.74, 6) is 0.475. The first-order chi connectivity index (χ1) is 6.69. The van der Waals surface area contributed by atoms with Gasteiger partial charge in [-0.1, -0.05) is 32.4 Å². The van der Waals surface area contributed by atoms with Crippen LogP contribution in [0.25, 0.3) is 0 Å². The zero-order chi connectivity index (χ0) is 10.6. The van der Waals surface area contributed by atoms with Crippen LogP contribution in [-0.2, 0) is 0 Å². The lowest BCUT2D eigenvalue weighted by molar-refractivity contribution is 0.457. The maximum absolute atomic E-state index is 8.64. The first kappa shape index (κ1) is 10.7. The van der Waals surface area contributed by atoms with Crippen LogP contribution in [0, 0.1) is 17.2 Å². The van der Waals surface area contributed by atoms with E-state index < -0.39 is 0 Å². The third-order valence-corrected chi connectivity index (χ3v) is 2.68. The Balaban J connectivity index is 2.82. The van der Waals surface area contributed by atoms with E-state index in [1.807, 2.05) is 24.3 Å². The van der Waals surface area contributed by atoms with Crippen molar-refractivity contribution in [3.63, 3.8) is 0 Å². The summed E-state index contributed by atoms with van der Waals surface area (Å²) in [5.41, 5.74) is 7.85. The summed E-state index contributed by atoms with van der Waals surface area (Å²) in [4.78, 5) is 0. The van der Waals surface area contributed by atoms with E-state index in [1.54, 1.807) is 0 Å². The van der Waals surface area contributed by atoms with Gasteiger partial charge in [-0.2, -0.15) is 5.26 Å². The van der Waals surface area contributed by atoms with Crippen molar-refractivity contribution in [2.45, 2.75) is 26.3 Å². The second-order valence-electron chi connectivity index (χ2n) is 3.65. The quantitative estimate of drug-likeness (QED) is 0.792. The number of hydrogen-bond donors (Lipinski definition) is 1. The fraction of sp³-hybridized carbons (Fsp3) is 0.417. The summed E-state index contributed by atoms with van der Waals surface area (Å²) in [6.45, 7) is 4.27. The highest BCUT2D eigenvalue weighted by Crippen LogP contribution is 2.21. The third-order valence-electron chi connectivity index (χ3n) is 2.68. The topological polar surface area (TPSA) is 49.8 Å². The largest absolute Gasteiger partial charge is 0.324 e. The lowest BCUT2D eigenvalue weighted by Crippen LogP contribution is -2.18. The molecule has 1 unspecified atom stereocenters. The van der Waals surface area contributed by atoms with Crippen LogP contribution in [0.1, 0.15) is 37.4 Å². The smallest absolute Gasteiger partial charge is 0.0991 e. The molecule has 0 radical (unpaired) electrons. The van der Waals surface area contributed by atoms with Gasteiger partial charge in [0.25, 0.3) is 0 Å². The average molecular weight is 188 g/mol. The molecule has 0 aromatic heterocycles. The van der Waals surface area contributed by atoms with Gasteiger partial charge in [0.2, 0.25) is 0 Å². The van der Waals surface area contributed by atoms with E-state index in [0.717, 1.165) is 12.0 Å². The van der Waals surface area contributed by atoms with Crippen LogP contribution < -0.4 is 5.73 Å². The molecule has 0 spiro atoms. The minimum absolute atomic E-state index is 0.0766. The predicted octanol–water partition coefficient (Wildman–Crippen LogP) is 2.60. The Kier molecular flexibility index (Phi) is 3.67. The molecule has 0 saturated carbocycles. The number of nitrogens with two attached hydrogens (primary N) is 1. The van der Waals surface area contributed by atoms with Gasteiger partial charge in [-0.15, -0.1) is 0 Å². The van der Waals surface area contributed by atoms with Gasteiger partial charge >= 0.3 is 0 Å². The van der Waals surface area contributed by atoms with Crippen molar-refractivity contribution in [1.29, 1.82) is 5.26 Å². The van der Waals surface area contributed by atoms with Gasteiger partial charge in [0.15, 0.2) is 0 Å². The number of hydrogen-bond acceptors (Lipinski definition) is 2. The number of rotatable bonds is 3. The van der Waals surface area contributed by atoms with Crippen molar-refractivity contribution in [2.24, 2.45) is 11.7 Å². The summed E-state index contributed by atoms with van der Waals surface area (Å²) >= 11 is 0. The summed E-state index contributed by atoms with van der Waals surface area (Å²) in [5, 5.41) is 8.64. The summed E-state index contributed by atoms with van der Waals surface area (Å²) in [7, 11) is 0. The minimum atomic E-state index is 0.0766. The number of nitriles is 1. The van der Waals surface area contributed by atoms with Gasteiger partial charge in [-0.3, -0.25) is 0 Å². The normalized spacial score (nSPS) is 14.4. The van der Waals surface area contributed by atoms with Crippen LogP contribution in [0.3, 0.4) is 0 Å². The summed E-state index contributed by atoms with van der Waals surface area (Å²) in [6, 6.07) is 9.69. The van der Waals surface area contributed by atoms with Gasteiger partial charge in [0.05, 0.1) is 11.6 Å². The lowest BCUT2D eigenvalue weighted by Gasteiger charge is -2.18. The fourth-order valence-electron chi connectivity index (χ4n) is 1.36. The molecular weight excluding hydrogens is 172 g/mol. The zero-order valence-electron chi connectivity index (χ0n) is 8.70. The van der Waals surface area contributed by atoms with Crippen molar-refractivity contribution >= 4 is 0 Å². The Morgan fingerprint density at radius 3 is 2.36 bits per heavy atom. The zero-order valence-corrected chi connectivity index (χ0v) is 8.70. The maximum atomic E-state index is 8.64. The van der Waals surface area contributed by atoms with Crippen molar-refractivity contribution in [3.8, 4) is 6.07 Å². The van der Waals surface area contributed by atoms with Crippen LogP contribution in [0.4, 0.5) is 0 Å². The Labute approximate surface area is 85.4 Å². The van der Waals surface area contributed by atoms with Crippen LogP contribution in [0.2, 0.25) is 0 Å². The van der Waals surface area contributed by atoms with Crippen LogP contribution in [0.5, 0.6) is 0 Å². The van der Waals surface area contributed by atoms with Gasteiger partial charge in [-0.05, 0) is 23.6 Å². The Bertz CT molecular complexity index is 321. The molecule has 14 heavy (non-hydrogen) atoms. The molecule has 1 rings (SSSR count). The monoisotopic (exact) mass is 188 g/mol. The molecule has 1 aromatic carbocycles. The van der Waals surface area contributed by atoms with Gasteiger partial charge < -0.3 is 5.73 Å². The molecule has 0 aliphatic heterocycles. The van der Waals surface area contributed by atoms with E-state index in [4.69, 9.17) is 11.0 Å². The highest BCUT2D eigenvalue weighted by molar-refractivity contribution is 5.32. The second kappa shape index (κ2) is 4.78. The molecule has 1 aromatic rings. The lowest BCUT2D eigenvalue weighted by atomic mass is 9.93. The van der Waals surface area contributed by atoms with E-state index >= 15 is 0 Å². The third kappa shape index (κ3) is 2.34. The molecule has 0 amide bonds. The van der Waals surface area contributed by atoms with Crippen molar-refractivity contribution in [1.82, 2.24) is 0 Å². The maximum Gasteiger partial charge on any atom is 0.0991 e. The van der Waals surface area contributed by atoms with E-state index in [0.29, 0.717) is 11.5 Å². The number of benzene rings is 1. The van der Waals surface area contributed by atoms with Crippen molar-refractivity contribution in [2.75, 3.05) is 0 Å². The summed E-state index contributed by atoms with van der Waals surface area (Å²) in [6.07, 6.45) is 1.07. The molecule has 2 atom stereocenters. The molecule has 0 saturated heterocycles. The predicted molar refractivity (Wildman–Crippen MR) is 57.5 cm³/mol. The Morgan fingerprint density at radius 2 is 1.93 bits per heavy atom. The van der Waals surface area contributed by atoms with Crippen molar-refractivity contribution < 1.29 is 0 Å². The van der Waals surface area contributed by atoms with E-state index in [9.17, 15) is 0 Å². The van der Waals surface area contributed by atoms with Crippen LogP contribution in [0.15, 0.2) is 24.3 Å². The van der Waals surface area contributed by atoms with Gasteiger partial charge in [0.1, 0.15) is 0 Å². The van der Waals surface area contributed by atoms with Crippen molar-refractivity contribution in [3.05, 3.63) is 35.4 Å². The van der Waals surface area contributed by atoms with E-state index in [2.05, 4.69) is 19.9 Å². The molecule has 0 aliphatic rings. The van der Waals surface area contributed by atoms with Crippen LogP contribution >= 0.6 is 0 Å². The highest BCUT2D eigenvalue weighted by atomic mass is 14.6. The SMILES string of the molecule is CCC(C)[C@H](N)c1ccc(C#N)cc1. The number of nitrogens with zero attached hydrogens (tertiary/aromatic N) is 1. The standard InChI is InChI=1S/C12H16N2/c1-3-9(2)12(14)11-6-4-10(8-13)5-7-11/h4-7,9,12H,3,14H2,1-2H3/t9?,12-/m0/s1. The molecule has 0 aliphatic carbocycles. The molecule has 74 valence electrons. The fourth-order valence-corrected chi connectivity index (χ4v) is 1.36. The molecule has 0 fully saturated rings. The van der Waals surface area contributed by atoms with Gasteiger partial charge in [-0.25, -0.2) is 0 Å². The highest BCUT2D eigenvalue weighted by Gasteiger charge is 2.12. The first-order valence-corrected chi connectivity index (χ1v) is 4.94. The molecular formula is C12H16N2. The van der Waals surface area contributed by atoms with E-state index in [1.165, 1.54) is 0 Å². The van der Waals surface area contributed by atoms with Crippen LogP contribution in [-0.4, -0.2) is 0 Å². The second-order valence-corrected chi connectivity index (χ2v) is 3.65. The minimum Gasteiger partial charge on any atom is -0.324 e. The Morgan fingerprint density at radius 1 is 1.36 bits per heavy atom. The molecule has 0 bridgehead atoms. The molecule has 2 N–H and O–H groups in total. The van der Waals surface area contributed by atoms with E-state index in [-0.39, 0.29) is 6.04 Å². The molecule has 0 heterocycles. The summed E-state index contributed by atoms with van der Waals surface area (Å²) < 4.78 is 0. The molecule has 2 nitrogen and oxygen atoms in total. The Hall–Kier alpha value is -1.33. The molecule has 2 heteroatoms. The average Bonchev–Trinajstić information content (AvgIpc) is 2.27. The van der Waals surface area contributed by atoms with Gasteiger partial charge in [0, 0.05) is 6.04 Å².